The Bertz CT molecular complexity index is 3220. The lowest BCUT2D eigenvalue weighted by molar-refractivity contribution is 0.998. The molecule has 10 aromatic carbocycles. The smallest absolute Gasteiger partial charge is 0.0540 e. The normalized spacial score (nSPS) is 12.0. The maximum Gasteiger partial charge on any atom is 0.0540 e. The third kappa shape index (κ3) is 7.02. The SMILES string of the molecule is C1=Cc2cc(-c3ccccc3Nc3ccc(N(c4ccc(-c5ccc(-c6ccccc6)cc5)cc4)c4ccccc4-c4ccccc4)cc3)c3c(ccc4ccccc43)c2CC1. The Morgan fingerprint density at radius 1 is 0.403 bits per heavy atom. The third-order valence-corrected chi connectivity index (χ3v) is 12.3. The van der Waals surface area contributed by atoms with Crippen LogP contribution in [0, 0.1) is 0 Å². The van der Waals surface area contributed by atoms with Gasteiger partial charge in [-0.2, -0.15) is 0 Å². The molecule has 0 radical (unpaired) electrons. The Labute approximate surface area is 363 Å². The lowest BCUT2D eigenvalue weighted by Gasteiger charge is -2.28. The molecule has 0 aliphatic heterocycles. The second-order valence-electron chi connectivity index (χ2n) is 16.1. The number of allylic oxidation sites excluding steroid dienone is 1. The largest absolute Gasteiger partial charge is 0.355 e. The fourth-order valence-electron chi connectivity index (χ4n) is 9.28. The molecule has 0 atom stereocenters. The third-order valence-electron chi connectivity index (χ3n) is 12.3. The summed E-state index contributed by atoms with van der Waals surface area (Å²) in [6.07, 6.45) is 6.76. The summed E-state index contributed by atoms with van der Waals surface area (Å²) in [6.45, 7) is 0. The average molecular weight is 793 g/mol. The molecule has 2 heteroatoms. The highest BCUT2D eigenvalue weighted by Gasteiger charge is 2.20. The van der Waals surface area contributed by atoms with E-state index in [0.717, 1.165) is 41.3 Å². The van der Waals surface area contributed by atoms with Gasteiger partial charge >= 0.3 is 0 Å². The van der Waals surface area contributed by atoms with E-state index in [-0.39, 0.29) is 0 Å². The first-order chi connectivity index (χ1) is 30.7. The van der Waals surface area contributed by atoms with Crippen molar-refractivity contribution in [1.82, 2.24) is 0 Å². The number of nitrogens with one attached hydrogen (secondary N) is 1. The highest BCUT2D eigenvalue weighted by atomic mass is 15.1. The standard InChI is InChI=1S/C60H44N2/c1-3-15-42(16-4-1)43-27-29-44(30-28-43)45-31-36-50(37-32-45)62(59-26-14-12-22-53(59)46-17-5-2-6-18-46)51-38-34-49(35-39-51)61-58-25-13-11-24-55(58)57-41-48-20-8-9-21-52(48)56-40-33-47-19-7-10-23-54(47)60(56)57/h1-8,10-20,22-41,61H,9,21H2. The van der Waals surface area contributed by atoms with Crippen LogP contribution in [0.2, 0.25) is 0 Å². The minimum atomic E-state index is 1.03. The van der Waals surface area contributed by atoms with Crippen molar-refractivity contribution in [1.29, 1.82) is 0 Å². The van der Waals surface area contributed by atoms with Gasteiger partial charge in [0.1, 0.15) is 0 Å². The summed E-state index contributed by atoms with van der Waals surface area (Å²) in [4.78, 5) is 2.38. The Hall–Kier alpha value is -7.94. The van der Waals surface area contributed by atoms with Gasteiger partial charge in [-0.05, 0) is 133 Å². The number of nitrogens with zero attached hydrogens (tertiary/aromatic N) is 1. The second-order valence-corrected chi connectivity index (χ2v) is 16.1. The lowest BCUT2D eigenvalue weighted by atomic mass is 9.84. The molecule has 0 saturated carbocycles. The van der Waals surface area contributed by atoms with E-state index in [1.807, 2.05) is 0 Å². The Morgan fingerprint density at radius 3 is 1.69 bits per heavy atom. The summed E-state index contributed by atoms with van der Waals surface area (Å²) in [6, 6.07) is 81.2. The van der Waals surface area contributed by atoms with Crippen LogP contribution in [0.4, 0.5) is 28.4 Å². The van der Waals surface area contributed by atoms with Gasteiger partial charge in [0.25, 0.3) is 0 Å². The van der Waals surface area contributed by atoms with Crippen LogP contribution in [-0.4, -0.2) is 0 Å². The van der Waals surface area contributed by atoms with Crippen LogP contribution < -0.4 is 10.2 Å². The molecule has 2 nitrogen and oxygen atoms in total. The number of benzene rings is 10. The zero-order chi connectivity index (χ0) is 41.2. The zero-order valence-electron chi connectivity index (χ0n) is 34.4. The first-order valence-corrected chi connectivity index (χ1v) is 21.6. The molecule has 0 unspecified atom stereocenters. The first kappa shape index (κ1) is 37.1. The maximum atomic E-state index is 3.85. The maximum absolute atomic E-state index is 3.85. The van der Waals surface area contributed by atoms with E-state index in [1.54, 1.807) is 0 Å². The molecule has 0 bridgehead atoms. The lowest BCUT2D eigenvalue weighted by Crippen LogP contribution is -2.11. The fourth-order valence-corrected chi connectivity index (χ4v) is 9.28. The number of hydrogen-bond donors (Lipinski definition) is 1. The van der Waals surface area contributed by atoms with E-state index < -0.39 is 0 Å². The van der Waals surface area contributed by atoms with Gasteiger partial charge in [-0.25, -0.2) is 0 Å². The fraction of sp³-hybridized carbons (Fsp3) is 0.0333. The molecule has 0 heterocycles. The monoisotopic (exact) mass is 792 g/mol. The average Bonchev–Trinajstić information content (AvgIpc) is 3.35. The van der Waals surface area contributed by atoms with Crippen LogP contribution in [-0.2, 0) is 6.42 Å². The van der Waals surface area contributed by atoms with Crippen LogP contribution in [0.25, 0.3) is 72.1 Å². The van der Waals surface area contributed by atoms with Gasteiger partial charge in [0.15, 0.2) is 0 Å². The van der Waals surface area contributed by atoms with Gasteiger partial charge in [0, 0.05) is 33.9 Å². The number of hydrogen-bond acceptors (Lipinski definition) is 2. The minimum absolute atomic E-state index is 1.03. The molecular formula is C60H44N2. The highest BCUT2D eigenvalue weighted by Crippen LogP contribution is 2.44. The molecule has 1 N–H and O–H groups in total. The molecule has 294 valence electrons. The highest BCUT2D eigenvalue weighted by molar-refractivity contribution is 6.17. The van der Waals surface area contributed by atoms with Gasteiger partial charge in [-0.15, -0.1) is 0 Å². The van der Waals surface area contributed by atoms with Crippen LogP contribution >= 0.6 is 0 Å². The molecule has 0 saturated heterocycles. The van der Waals surface area contributed by atoms with E-state index in [9.17, 15) is 0 Å². The Balaban J connectivity index is 0.963. The molecule has 0 spiro atoms. The summed E-state index contributed by atoms with van der Waals surface area (Å²) in [5, 5.41) is 9.08. The van der Waals surface area contributed by atoms with E-state index >= 15 is 0 Å². The van der Waals surface area contributed by atoms with Gasteiger partial charge in [-0.3, -0.25) is 0 Å². The molecular weight excluding hydrogens is 749 g/mol. The minimum Gasteiger partial charge on any atom is -0.355 e. The van der Waals surface area contributed by atoms with Gasteiger partial charge in [-0.1, -0.05) is 182 Å². The van der Waals surface area contributed by atoms with E-state index in [0.29, 0.717) is 0 Å². The van der Waals surface area contributed by atoms with Crippen molar-refractivity contribution in [3.8, 4) is 44.5 Å². The predicted molar refractivity (Wildman–Crippen MR) is 265 cm³/mol. The van der Waals surface area contributed by atoms with Gasteiger partial charge in [0.05, 0.1) is 5.69 Å². The molecule has 11 rings (SSSR count). The van der Waals surface area contributed by atoms with Crippen LogP contribution in [0.5, 0.6) is 0 Å². The molecule has 1 aliphatic rings. The molecule has 0 amide bonds. The van der Waals surface area contributed by atoms with Crippen molar-refractivity contribution in [2.45, 2.75) is 12.8 Å². The second kappa shape index (κ2) is 16.3. The number of rotatable bonds is 9. The zero-order valence-corrected chi connectivity index (χ0v) is 34.4. The molecule has 1 aliphatic carbocycles. The Morgan fingerprint density at radius 2 is 0.968 bits per heavy atom. The van der Waals surface area contributed by atoms with Crippen molar-refractivity contribution in [2.24, 2.45) is 0 Å². The van der Waals surface area contributed by atoms with Crippen molar-refractivity contribution >= 4 is 56.1 Å². The molecule has 10 aromatic rings. The molecule has 62 heavy (non-hydrogen) atoms. The molecule has 0 fully saturated rings. The summed E-state index contributed by atoms with van der Waals surface area (Å²) >= 11 is 0. The number of fused-ring (bicyclic) bond motifs is 5. The van der Waals surface area contributed by atoms with Gasteiger partial charge < -0.3 is 10.2 Å². The summed E-state index contributed by atoms with van der Waals surface area (Å²) < 4.78 is 0. The first-order valence-electron chi connectivity index (χ1n) is 21.6. The predicted octanol–water partition coefficient (Wildman–Crippen LogP) is 16.8. The van der Waals surface area contributed by atoms with Gasteiger partial charge in [0.2, 0.25) is 0 Å². The quantitative estimate of drug-likeness (QED) is 0.146. The van der Waals surface area contributed by atoms with Crippen molar-refractivity contribution < 1.29 is 0 Å². The number of aryl methyl sites for hydroxylation is 1. The Kier molecular flexibility index (Phi) is 9.72. The van der Waals surface area contributed by atoms with Crippen LogP contribution in [0.15, 0.2) is 231 Å². The van der Waals surface area contributed by atoms with Crippen molar-refractivity contribution in [3.63, 3.8) is 0 Å². The van der Waals surface area contributed by atoms with Crippen molar-refractivity contribution in [3.05, 3.63) is 242 Å². The number of anilines is 5. The topological polar surface area (TPSA) is 15.3 Å². The summed E-state index contributed by atoms with van der Waals surface area (Å²) in [5.74, 6) is 0. The van der Waals surface area contributed by atoms with Crippen LogP contribution in [0.1, 0.15) is 17.5 Å². The van der Waals surface area contributed by atoms with E-state index in [4.69, 9.17) is 0 Å². The summed E-state index contributed by atoms with van der Waals surface area (Å²) in [5.41, 5.74) is 17.7. The molecule has 0 aromatic heterocycles. The number of para-hydroxylation sites is 2. The van der Waals surface area contributed by atoms with E-state index in [1.165, 1.54) is 77.2 Å². The summed E-state index contributed by atoms with van der Waals surface area (Å²) in [7, 11) is 0. The van der Waals surface area contributed by atoms with E-state index in [2.05, 4.69) is 247 Å². The van der Waals surface area contributed by atoms with Crippen molar-refractivity contribution in [2.75, 3.05) is 10.2 Å². The van der Waals surface area contributed by atoms with Crippen LogP contribution in [0.3, 0.4) is 0 Å².